The molecule has 1 aromatic carbocycles. The van der Waals surface area contributed by atoms with Crippen LogP contribution < -0.4 is 10.2 Å². The van der Waals surface area contributed by atoms with Gasteiger partial charge in [-0.3, -0.25) is 19.4 Å². The fraction of sp³-hybridized carbons (Fsp3) is 0.609. The molecule has 3 fully saturated rings. The van der Waals surface area contributed by atoms with E-state index in [0.717, 1.165) is 76.9 Å². The molecule has 4 rings (SSSR count). The number of rotatable bonds is 5. The first kappa shape index (κ1) is 20.8. The van der Waals surface area contributed by atoms with Crippen molar-refractivity contribution in [2.45, 2.75) is 50.1 Å². The predicted molar refractivity (Wildman–Crippen MR) is 115 cm³/mol. The highest BCUT2D eigenvalue weighted by Crippen LogP contribution is 2.29. The molecule has 160 valence electrons. The van der Waals surface area contributed by atoms with E-state index in [-0.39, 0.29) is 17.9 Å². The standard InChI is InChI=1S/C23H31N5O2/c24-18-23(10-4-5-11-23)25-21(29)17-26-13-15-27(16-14-26)20-9-6-12-28(22(20)30)19-7-2-1-3-8-19/h1-3,7-8,20H,4-6,9-17H2,(H,25,29). The number of nitrogens with zero attached hydrogens (tertiary/aromatic N) is 4. The topological polar surface area (TPSA) is 79.7 Å². The first-order valence-electron chi connectivity index (χ1n) is 11.2. The molecule has 7 heteroatoms. The number of hydrogen-bond acceptors (Lipinski definition) is 5. The quantitative estimate of drug-likeness (QED) is 0.802. The molecule has 1 N–H and O–H groups in total. The van der Waals surface area contributed by atoms with Crippen LogP contribution in [0, 0.1) is 11.3 Å². The van der Waals surface area contributed by atoms with Gasteiger partial charge in [-0.15, -0.1) is 0 Å². The van der Waals surface area contributed by atoms with Gasteiger partial charge in [0.05, 0.1) is 18.7 Å². The largest absolute Gasteiger partial charge is 0.337 e. The molecule has 7 nitrogen and oxygen atoms in total. The number of carbonyl (C=O) groups is 2. The molecule has 3 aliphatic rings. The Bertz CT molecular complexity index is 792. The summed E-state index contributed by atoms with van der Waals surface area (Å²) in [5.41, 5.74) is 0.315. The van der Waals surface area contributed by atoms with Crippen molar-refractivity contribution in [1.82, 2.24) is 15.1 Å². The van der Waals surface area contributed by atoms with Crippen LogP contribution in [-0.4, -0.2) is 72.5 Å². The third-order valence-corrected chi connectivity index (χ3v) is 6.74. The summed E-state index contributed by atoms with van der Waals surface area (Å²) >= 11 is 0. The second kappa shape index (κ2) is 9.15. The minimum Gasteiger partial charge on any atom is -0.337 e. The summed E-state index contributed by atoms with van der Waals surface area (Å²) < 4.78 is 0. The van der Waals surface area contributed by atoms with Crippen LogP contribution in [-0.2, 0) is 9.59 Å². The van der Waals surface area contributed by atoms with Crippen LogP contribution in [0.5, 0.6) is 0 Å². The summed E-state index contributed by atoms with van der Waals surface area (Å²) in [6, 6.07) is 12.1. The zero-order chi connectivity index (χ0) is 21.0. The minimum atomic E-state index is -0.658. The van der Waals surface area contributed by atoms with Crippen molar-refractivity contribution in [3.63, 3.8) is 0 Å². The van der Waals surface area contributed by atoms with Gasteiger partial charge >= 0.3 is 0 Å². The molecule has 1 unspecified atom stereocenters. The van der Waals surface area contributed by atoms with Crippen molar-refractivity contribution < 1.29 is 9.59 Å². The van der Waals surface area contributed by atoms with Crippen LogP contribution in [0.15, 0.2) is 30.3 Å². The van der Waals surface area contributed by atoms with Gasteiger partial charge in [-0.1, -0.05) is 18.2 Å². The Hall–Kier alpha value is -2.43. The molecular formula is C23H31N5O2. The van der Waals surface area contributed by atoms with E-state index in [1.807, 2.05) is 35.2 Å². The Balaban J connectivity index is 1.28. The first-order chi connectivity index (χ1) is 14.6. The van der Waals surface area contributed by atoms with E-state index in [1.54, 1.807) is 0 Å². The number of benzene rings is 1. The predicted octanol–water partition coefficient (Wildman–Crippen LogP) is 1.75. The first-order valence-corrected chi connectivity index (χ1v) is 11.2. The summed E-state index contributed by atoms with van der Waals surface area (Å²) in [7, 11) is 0. The third kappa shape index (κ3) is 4.50. The van der Waals surface area contributed by atoms with Gasteiger partial charge in [0.25, 0.3) is 0 Å². The molecule has 30 heavy (non-hydrogen) atoms. The van der Waals surface area contributed by atoms with Crippen LogP contribution in [0.25, 0.3) is 0 Å². The van der Waals surface area contributed by atoms with E-state index >= 15 is 0 Å². The van der Waals surface area contributed by atoms with Crippen LogP contribution in [0.1, 0.15) is 38.5 Å². The van der Waals surface area contributed by atoms with E-state index in [0.29, 0.717) is 6.54 Å². The molecular weight excluding hydrogens is 378 g/mol. The normalized spacial score (nSPS) is 25.1. The maximum atomic E-state index is 13.1. The van der Waals surface area contributed by atoms with E-state index < -0.39 is 5.54 Å². The average molecular weight is 410 g/mol. The molecule has 0 bridgehead atoms. The van der Waals surface area contributed by atoms with Gasteiger partial charge in [0.2, 0.25) is 11.8 Å². The van der Waals surface area contributed by atoms with Crippen LogP contribution >= 0.6 is 0 Å². The van der Waals surface area contributed by atoms with Crippen molar-refractivity contribution in [2.75, 3.05) is 44.2 Å². The van der Waals surface area contributed by atoms with E-state index in [2.05, 4.69) is 21.2 Å². The van der Waals surface area contributed by atoms with Crippen molar-refractivity contribution in [3.05, 3.63) is 30.3 Å². The Morgan fingerprint density at radius 3 is 2.43 bits per heavy atom. The van der Waals surface area contributed by atoms with E-state index in [9.17, 15) is 14.9 Å². The van der Waals surface area contributed by atoms with E-state index in [4.69, 9.17) is 0 Å². The summed E-state index contributed by atoms with van der Waals surface area (Å²) in [6.07, 6.45) is 5.41. The number of nitrogens with one attached hydrogen (secondary N) is 1. The fourth-order valence-electron chi connectivity index (χ4n) is 5.05. The lowest BCUT2D eigenvalue weighted by atomic mass is 10.00. The summed E-state index contributed by atoms with van der Waals surface area (Å²) in [4.78, 5) is 31.9. The zero-order valence-corrected chi connectivity index (χ0v) is 17.6. The van der Waals surface area contributed by atoms with Gasteiger partial charge in [0.15, 0.2) is 0 Å². The van der Waals surface area contributed by atoms with Gasteiger partial charge in [-0.2, -0.15) is 5.26 Å². The van der Waals surface area contributed by atoms with Crippen molar-refractivity contribution in [2.24, 2.45) is 0 Å². The molecule has 0 spiro atoms. The van der Waals surface area contributed by atoms with Gasteiger partial charge < -0.3 is 10.2 Å². The van der Waals surface area contributed by atoms with Gasteiger partial charge in [0, 0.05) is 38.4 Å². The minimum absolute atomic E-state index is 0.0594. The molecule has 2 heterocycles. The lowest BCUT2D eigenvalue weighted by molar-refractivity contribution is -0.128. The van der Waals surface area contributed by atoms with Gasteiger partial charge in [-0.25, -0.2) is 0 Å². The molecule has 0 aromatic heterocycles. The van der Waals surface area contributed by atoms with Crippen molar-refractivity contribution >= 4 is 17.5 Å². The Morgan fingerprint density at radius 1 is 1.07 bits per heavy atom. The second-order valence-corrected chi connectivity index (χ2v) is 8.74. The number of carbonyl (C=O) groups excluding carboxylic acids is 2. The van der Waals surface area contributed by atoms with Crippen molar-refractivity contribution in [1.29, 1.82) is 5.26 Å². The lowest BCUT2D eigenvalue weighted by Crippen LogP contribution is -2.59. The number of nitriles is 1. The summed E-state index contributed by atoms with van der Waals surface area (Å²) in [5, 5.41) is 12.4. The number of anilines is 1. The monoisotopic (exact) mass is 409 g/mol. The lowest BCUT2D eigenvalue weighted by Gasteiger charge is -2.42. The molecule has 2 aliphatic heterocycles. The van der Waals surface area contributed by atoms with Gasteiger partial charge in [0.1, 0.15) is 5.54 Å². The SMILES string of the molecule is N#CC1(NC(=O)CN2CCN(C3CCCN(c4ccccc4)C3=O)CC2)CCCC1. The molecule has 1 saturated carbocycles. The number of amides is 2. The molecule has 2 saturated heterocycles. The Labute approximate surface area is 178 Å². The third-order valence-electron chi connectivity index (χ3n) is 6.74. The second-order valence-electron chi connectivity index (χ2n) is 8.74. The fourth-order valence-corrected chi connectivity index (χ4v) is 5.05. The van der Waals surface area contributed by atoms with E-state index in [1.165, 1.54) is 0 Å². The highest BCUT2D eigenvalue weighted by Gasteiger charge is 2.37. The van der Waals surface area contributed by atoms with Crippen molar-refractivity contribution in [3.8, 4) is 6.07 Å². The Kier molecular flexibility index (Phi) is 6.35. The van der Waals surface area contributed by atoms with Crippen LogP contribution in [0.3, 0.4) is 0 Å². The maximum absolute atomic E-state index is 13.1. The average Bonchev–Trinajstić information content (AvgIpc) is 3.24. The molecule has 1 aliphatic carbocycles. The molecule has 2 amide bonds. The summed E-state index contributed by atoms with van der Waals surface area (Å²) in [6.45, 7) is 4.21. The summed E-state index contributed by atoms with van der Waals surface area (Å²) in [5.74, 6) is 0.131. The number of hydrogen-bond donors (Lipinski definition) is 1. The highest BCUT2D eigenvalue weighted by atomic mass is 16.2. The van der Waals surface area contributed by atoms with Gasteiger partial charge in [-0.05, 0) is 50.7 Å². The smallest absolute Gasteiger partial charge is 0.244 e. The number of para-hydroxylation sites is 1. The molecule has 1 atom stereocenters. The van der Waals surface area contributed by atoms with Crippen LogP contribution in [0.2, 0.25) is 0 Å². The molecule has 0 radical (unpaired) electrons. The Morgan fingerprint density at radius 2 is 1.77 bits per heavy atom. The zero-order valence-electron chi connectivity index (χ0n) is 17.6. The maximum Gasteiger partial charge on any atom is 0.244 e. The highest BCUT2D eigenvalue weighted by molar-refractivity contribution is 5.97. The van der Waals surface area contributed by atoms with Crippen LogP contribution in [0.4, 0.5) is 5.69 Å². The number of piperidine rings is 1. The molecule has 1 aromatic rings. The number of piperazine rings is 1.